The molecule has 1 aromatic heterocycles. The Morgan fingerprint density at radius 2 is 1.75 bits per heavy atom. The van der Waals surface area contributed by atoms with Gasteiger partial charge in [-0.25, -0.2) is 12.6 Å². The van der Waals surface area contributed by atoms with E-state index in [2.05, 4.69) is 11.7 Å². The molecule has 0 spiro atoms. The van der Waals surface area contributed by atoms with Crippen molar-refractivity contribution in [1.82, 2.24) is 9.78 Å². The minimum Gasteiger partial charge on any atom is -0.491 e. The molecule has 1 unspecified atom stereocenters. The Morgan fingerprint density at radius 1 is 1.00 bits per heavy atom. The zero-order valence-electron chi connectivity index (χ0n) is 24.5. The van der Waals surface area contributed by atoms with Gasteiger partial charge in [0.15, 0.2) is 16.1 Å². The van der Waals surface area contributed by atoms with Gasteiger partial charge in [-0.3, -0.25) is 8.86 Å². The van der Waals surface area contributed by atoms with Gasteiger partial charge in [-0.15, -0.1) is 0 Å². The van der Waals surface area contributed by atoms with E-state index >= 15 is 0 Å². The lowest BCUT2D eigenvalue weighted by molar-refractivity contribution is 0.231. The van der Waals surface area contributed by atoms with E-state index in [0.717, 1.165) is 22.9 Å². The predicted octanol–water partition coefficient (Wildman–Crippen LogP) is 7.93. The lowest BCUT2D eigenvalue weighted by Gasteiger charge is -2.09. The van der Waals surface area contributed by atoms with Crippen LogP contribution in [0.4, 0.5) is 0 Å². The maximum atomic E-state index is 14.2. The number of sulfone groups is 1. The summed E-state index contributed by atoms with van der Waals surface area (Å²) in [5.41, 5.74) is 2.59. The van der Waals surface area contributed by atoms with Crippen LogP contribution in [0.3, 0.4) is 0 Å². The molecule has 7 nitrogen and oxygen atoms in total. The lowest BCUT2D eigenvalue weighted by atomic mass is 10.1. The van der Waals surface area contributed by atoms with Gasteiger partial charge in [0.25, 0.3) is 0 Å². The van der Waals surface area contributed by atoms with Crippen LogP contribution in [0.25, 0.3) is 21.7 Å². The van der Waals surface area contributed by atoms with Crippen LogP contribution in [0.15, 0.2) is 123 Å². The van der Waals surface area contributed by atoms with Crippen LogP contribution in [-0.2, 0) is 31.6 Å². The van der Waals surface area contributed by atoms with Gasteiger partial charge in [-0.2, -0.15) is 5.10 Å². The summed E-state index contributed by atoms with van der Waals surface area (Å²) < 4.78 is 53.9. The van der Waals surface area contributed by atoms with Gasteiger partial charge < -0.3 is 4.74 Å². The SMILES string of the molecule is C=C(CC/C=C(\C)Cl)Cn1nc(S(=O)(=O)c2cccc3ccccc23)c2cc(OCCOS(=O)c3ccc(C)cc3)ccc21. The molecule has 1 atom stereocenters. The van der Waals surface area contributed by atoms with Gasteiger partial charge >= 0.3 is 0 Å². The number of ether oxygens (including phenoxy) is 1. The van der Waals surface area contributed by atoms with Crippen LogP contribution in [0.5, 0.6) is 5.75 Å². The highest BCUT2D eigenvalue weighted by Gasteiger charge is 2.27. The number of allylic oxidation sites excluding steroid dienone is 3. The van der Waals surface area contributed by atoms with E-state index in [1.807, 2.05) is 56.3 Å². The molecule has 0 aliphatic heterocycles. The smallest absolute Gasteiger partial charge is 0.226 e. The summed E-state index contributed by atoms with van der Waals surface area (Å²) in [6.07, 6.45) is 3.33. The highest BCUT2D eigenvalue weighted by atomic mass is 35.5. The number of fused-ring (bicyclic) bond motifs is 2. The first kappa shape index (κ1) is 31.7. The summed E-state index contributed by atoms with van der Waals surface area (Å²) in [5, 5.41) is 7.16. The summed E-state index contributed by atoms with van der Waals surface area (Å²) >= 11 is 4.35. The van der Waals surface area contributed by atoms with Crippen molar-refractivity contribution in [3.05, 3.63) is 114 Å². The van der Waals surface area contributed by atoms with Gasteiger partial charge in [0, 0.05) is 15.8 Å². The molecule has 0 aliphatic carbocycles. The molecule has 0 radical (unpaired) electrons. The number of aryl methyl sites for hydroxylation is 1. The van der Waals surface area contributed by atoms with Crippen LogP contribution < -0.4 is 4.74 Å². The van der Waals surface area contributed by atoms with Crippen LogP contribution >= 0.6 is 11.6 Å². The Hall–Kier alpha value is -3.76. The zero-order chi connectivity index (χ0) is 31.3. The van der Waals surface area contributed by atoms with Crippen LogP contribution in [0.2, 0.25) is 0 Å². The van der Waals surface area contributed by atoms with Crippen molar-refractivity contribution in [2.24, 2.45) is 0 Å². The maximum Gasteiger partial charge on any atom is 0.226 e. The van der Waals surface area contributed by atoms with Crippen LogP contribution in [0, 0.1) is 6.92 Å². The summed E-state index contributed by atoms with van der Waals surface area (Å²) in [5.74, 6) is 0.442. The topological polar surface area (TPSA) is 87.5 Å². The Morgan fingerprint density at radius 3 is 2.52 bits per heavy atom. The van der Waals surface area contributed by atoms with E-state index < -0.39 is 20.9 Å². The molecule has 0 saturated carbocycles. The molecular weight excluding hydrogens is 616 g/mol. The fourth-order valence-electron chi connectivity index (χ4n) is 4.82. The third-order valence-electron chi connectivity index (χ3n) is 7.03. The van der Waals surface area contributed by atoms with Gasteiger partial charge in [-0.05, 0) is 68.5 Å². The molecule has 0 bridgehead atoms. The molecular formula is C34H33ClN2O5S2. The molecule has 1 heterocycles. The Kier molecular flexibility index (Phi) is 10.0. The van der Waals surface area contributed by atoms with Crippen molar-refractivity contribution in [1.29, 1.82) is 0 Å². The van der Waals surface area contributed by atoms with Crippen molar-refractivity contribution in [2.75, 3.05) is 13.2 Å². The average molecular weight is 649 g/mol. The second kappa shape index (κ2) is 13.9. The molecule has 5 aromatic rings. The number of halogens is 1. The Bertz CT molecular complexity index is 1970. The van der Waals surface area contributed by atoms with Crippen LogP contribution in [-0.4, -0.2) is 35.6 Å². The van der Waals surface area contributed by atoms with E-state index in [0.29, 0.717) is 44.9 Å². The van der Waals surface area contributed by atoms with Crippen molar-refractivity contribution in [3.8, 4) is 5.75 Å². The van der Waals surface area contributed by atoms with Crippen LogP contribution in [0.1, 0.15) is 25.3 Å². The largest absolute Gasteiger partial charge is 0.491 e. The van der Waals surface area contributed by atoms with Crippen molar-refractivity contribution < 1.29 is 21.5 Å². The molecule has 0 fully saturated rings. The highest BCUT2D eigenvalue weighted by molar-refractivity contribution is 7.91. The molecule has 0 N–H and O–H groups in total. The third-order valence-corrected chi connectivity index (χ3v) is 9.97. The molecule has 0 saturated heterocycles. The molecule has 4 aromatic carbocycles. The first-order valence-corrected chi connectivity index (χ1v) is 17.0. The van der Waals surface area contributed by atoms with Crippen molar-refractivity contribution in [3.63, 3.8) is 0 Å². The van der Waals surface area contributed by atoms with E-state index in [-0.39, 0.29) is 23.1 Å². The summed E-state index contributed by atoms with van der Waals surface area (Å²) in [6.45, 7) is 8.51. The lowest BCUT2D eigenvalue weighted by Crippen LogP contribution is -2.09. The fraction of sp³-hybridized carbons (Fsp3) is 0.206. The third kappa shape index (κ3) is 7.30. The van der Waals surface area contributed by atoms with E-state index in [4.69, 9.17) is 20.5 Å². The number of nitrogens with zero attached hydrogens (tertiary/aromatic N) is 2. The quantitative estimate of drug-likeness (QED) is 0.0952. The second-order valence-electron chi connectivity index (χ2n) is 10.4. The van der Waals surface area contributed by atoms with E-state index in [1.165, 1.54) is 0 Å². The highest BCUT2D eigenvalue weighted by Crippen LogP contribution is 2.34. The number of aromatic nitrogens is 2. The average Bonchev–Trinajstić information content (AvgIpc) is 3.37. The standard InChI is InChI=1S/C34H33ClN2O5S2/c1-24-14-17-29(18-15-24)43(38)42-21-20-41-28-16-19-32-31(22-28)34(36-37(32)23-25(2)8-6-9-26(3)35)44(39,40)33-13-7-11-27-10-4-5-12-30(27)33/h4-5,7,9-19,22H,2,6,8,20-21,23H2,1,3H3/b26-9+. The van der Waals surface area contributed by atoms with Gasteiger partial charge in [0.1, 0.15) is 12.4 Å². The predicted molar refractivity (Wildman–Crippen MR) is 176 cm³/mol. The molecule has 44 heavy (non-hydrogen) atoms. The van der Waals surface area contributed by atoms with Gasteiger partial charge in [-0.1, -0.05) is 83.9 Å². The minimum absolute atomic E-state index is 0.0599. The maximum absolute atomic E-state index is 14.2. The molecule has 5 rings (SSSR count). The second-order valence-corrected chi connectivity index (χ2v) is 14.0. The van der Waals surface area contributed by atoms with Crippen molar-refractivity contribution >= 4 is 54.2 Å². The summed E-state index contributed by atoms with van der Waals surface area (Å²) in [7, 11) is -4.03. The number of hydrogen-bond donors (Lipinski definition) is 0. The normalized spacial score (nSPS) is 12.9. The molecule has 0 aliphatic rings. The van der Waals surface area contributed by atoms with Gasteiger partial charge in [0.2, 0.25) is 9.84 Å². The monoisotopic (exact) mass is 648 g/mol. The Balaban J connectivity index is 1.43. The molecule has 228 valence electrons. The summed E-state index contributed by atoms with van der Waals surface area (Å²) in [4.78, 5) is 0.755. The number of rotatable bonds is 13. The fourth-order valence-corrected chi connectivity index (χ4v) is 7.25. The Labute approximate surface area is 265 Å². The minimum atomic E-state index is -4.03. The zero-order valence-corrected chi connectivity index (χ0v) is 26.9. The van der Waals surface area contributed by atoms with Crippen molar-refractivity contribution in [2.45, 2.75) is 48.1 Å². The first-order chi connectivity index (χ1) is 21.1. The number of hydrogen-bond acceptors (Lipinski definition) is 6. The van der Waals surface area contributed by atoms with E-state index in [1.54, 1.807) is 53.2 Å². The van der Waals surface area contributed by atoms with E-state index in [9.17, 15) is 12.6 Å². The molecule has 0 amide bonds. The van der Waals surface area contributed by atoms with Gasteiger partial charge in [0.05, 0.1) is 28.5 Å². The molecule has 10 heteroatoms. The first-order valence-electron chi connectivity index (χ1n) is 14.1. The number of benzene rings is 4. The summed E-state index contributed by atoms with van der Waals surface area (Å²) in [6, 6.07) is 25.1.